The van der Waals surface area contributed by atoms with E-state index in [1.165, 1.54) is 6.33 Å². The van der Waals surface area contributed by atoms with Crippen molar-refractivity contribution in [2.45, 2.75) is 32.7 Å². The molecule has 1 aromatic heterocycles. The summed E-state index contributed by atoms with van der Waals surface area (Å²) in [6, 6.07) is 10.6. The average Bonchev–Trinajstić information content (AvgIpc) is 3.24. The number of aromatic nitrogens is 2. The third-order valence-electron chi connectivity index (χ3n) is 5.65. The number of amides is 1. The molecule has 168 valence electrons. The highest BCUT2D eigenvalue weighted by Gasteiger charge is 2.21. The van der Waals surface area contributed by atoms with Gasteiger partial charge in [-0.3, -0.25) is 9.69 Å². The van der Waals surface area contributed by atoms with Gasteiger partial charge in [-0.1, -0.05) is 24.0 Å². The number of benzene rings is 2. The van der Waals surface area contributed by atoms with Gasteiger partial charge in [-0.25, -0.2) is 14.4 Å². The first kappa shape index (κ1) is 22.6. The molecule has 2 heterocycles. The van der Waals surface area contributed by atoms with Gasteiger partial charge in [0.25, 0.3) is 5.91 Å². The maximum Gasteiger partial charge on any atom is 0.255 e. The number of nitrogens with one attached hydrogen (secondary N) is 1. The number of β-amino-alcohol motifs (C(OH)–C–C–N with tert-alkyl or cyclic N) is 1. The number of anilines is 1. The van der Waals surface area contributed by atoms with Crippen LogP contribution in [0.5, 0.6) is 0 Å². The van der Waals surface area contributed by atoms with Crippen LogP contribution in [-0.4, -0.2) is 45.1 Å². The zero-order chi connectivity index (χ0) is 23.2. The minimum Gasteiger partial charge on any atom is -0.392 e. The molecule has 7 heteroatoms. The molecule has 1 atom stereocenters. The van der Waals surface area contributed by atoms with Gasteiger partial charge in [0.15, 0.2) is 0 Å². The van der Waals surface area contributed by atoms with Gasteiger partial charge in [-0.05, 0) is 54.3 Å². The molecule has 0 radical (unpaired) electrons. The second-order valence-electron chi connectivity index (χ2n) is 8.16. The lowest BCUT2D eigenvalue weighted by molar-refractivity contribution is 0.102. The molecular formula is C26H25FN4O2. The predicted octanol–water partition coefficient (Wildman–Crippen LogP) is 3.47. The Morgan fingerprint density at radius 2 is 2.00 bits per heavy atom. The third-order valence-corrected chi connectivity index (χ3v) is 5.65. The Bertz CT molecular complexity index is 1200. The number of aliphatic hydroxyl groups is 1. The molecule has 3 aromatic rings. The van der Waals surface area contributed by atoms with Crippen molar-refractivity contribution in [2.24, 2.45) is 0 Å². The Morgan fingerprint density at radius 1 is 1.18 bits per heavy atom. The van der Waals surface area contributed by atoms with Gasteiger partial charge in [0.05, 0.1) is 11.7 Å². The average molecular weight is 445 g/mol. The number of nitrogens with zero attached hydrogens (tertiary/aromatic N) is 3. The highest BCUT2D eigenvalue weighted by Crippen LogP contribution is 2.22. The molecule has 2 aromatic carbocycles. The molecule has 6 nitrogen and oxygen atoms in total. The smallest absolute Gasteiger partial charge is 0.255 e. The van der Waals surface area contributed by atoms with Gasteiger partial charge >= 0.3 is 0 Å². The van der Waals surface area contributed by atoms with E-state index in [0.29, 0.717) is 35.5 Å². The molecule has 1 amide bonds. The lowest BCUT2D eigenvalue weighted by Gasteiger charge is -2.17. The van der Waals surface area contributed by atoms with Crippen molar-refractivity contribution in [2.75, 3.05) is 18.4 Å². The first-order chi connectivity index (χ1) is 16.0. The molecule has 33 heavy (non-hydrogen) atoms. The zero-order valence-corrected chi connectivity index (χ0v) is 18.4. The number of halogens is 1. The van der Waals surface area contributed by atoms with E-state index < -0.39 is 6.67 Å². The summed E-state index contributed by atoms with van der Waals surface area (Å²) < 4.78 is 13.7. The van der Waals surface area contributed by atoms with Gasteiger partial charge in [0.1, 0.15) is 13.0 Å². The van der Waals surface area contributed by atoms with Crippen molar-refractivity contribution in [3.8, 4) is 11.8 Å². The quantitative estimate of drug-likeness (QED) is 0.589. The summed E-state index contributed by atoms with van der Waals surface area (Å²) in [6.07, 6.45) is 5.12. The topological polar surface area (TPSA) is 78.4 Å². The lowest BCUT2D eigenvalue weighted by atomic mass is 10.0. The highest BCUT2D eigenvalue weighted by molar-refractivity contribution is 6.04. The Balaban J connectivity index is 1.48. The summed E-state index contributed by atoms with van der Waals surface area (Å²) in [5.74, 6) is 5.78. The molecule has 4 rings (SSSR count). The fourth-order valence-corrected chi connectivity index (χ4v) is 3.78. The summed E-state index contributed by atoms with van der Waals surface area (Å²) in [4.78, 5) is 22.8. The molecule has 1 saturated heterocycles. The summed E-state index contributed by atoms with van der Waals surface area (Å²) in [5, 5.41) is 12.6. The molecular weight excluding hydrogens is 419 g/mol. The number of aryl methyl sites for hydroxylation is 1. The van der Waals surface area contributed by atoms with Gasteiger partial charge in [0.2, 0.25) is 0 Å². The number of rotatable bonds is 5. The predicted molar refractivity (Wildman–Crippen MR) is 124 cm³/mol. The van der Waals surface area contributed by atoms with Crippen molar-refractivity contribution in [1.82, 2.24) is 14.9 Å². The van der Waals surface area contributed by atoms with Crippen LogP contribution >= 0.6 is 0 Å². The van der Waals surface area contributed by atoms with Crippen LogP contribution in [0.3, 0.4) is 0 Å². The maximum atomic E-state index is 13.7. The molecule has 0 aliphatic carbocycles. The molecule has 0 saturated carbocycles. The van der Waals surface area contributed by atoms with E-state index in [4.69, 9.17) is 0 Å². The van der Waals surface area contributed by atoms with Crippen LogP contribution in [0.25, 0.3) is 0 Å². The van der Waals surface area contributed by atoms with Crippen molar-refractivity contribution < 1.29 is 14.3 Å². The molecule has 0 unspecified atom stereocenters. The second kappa shape index (κ2) is 10.3. The van der Waals surface area contributed by atoms with Crippen molar-refractivity contribution >= 4 is 11.6 Å². The summed E-state index contributed by atoms with van der Waals surface area (Å²) >= 11 is 0. The SMILES string of the molecule is Cc1ccc(C(=O)Nc2ccc(CN3CC[C@H](O)C3)c(CF)c2)cc1C#Cc1cncnc1. The minimum atomic E-state index is -0.622. The number of hydrogen-bond acceptors (Lipinski definition) is 5. The highest BCUT2D eigenvalue weighted by atomic mass is 19.1. The number of alkyl halides is 1. The van der Waals surface area contributed by atoms with E-state index >= 15 is 0 Å². The summed E-state index contributed by atoms with van der Waals surface area (Å²) in [6.45, 7) is 3.28. The Morgan fingerprint density at radius 3 is 2.73 bits per heavy atom. The van der Waals surface area contributed by atoms with E-state index in [9.17, 15) is 14.3 Å². The van der Waals surface area contributed by atoms with Gasteiger partial charge in [0, 0.05) is 48.8 Å². The second-order valence-corrected chi connectivity index (χ2v) is 8.16. The molecule has 0 spiro atoms. The largest absolute Gasteiger partial charge is 0.392 e. The zero-order valence-electron chi connectivity index (χ0n) is 18.4. The van der Waals surface area contributed by atoms with Crippen LogP contribution < -0.4 is 5.32 Å². The number of carbonyl (C=O) groups excluding carboxylic acids is 1. The Labute approximate surface area is 192 Å². The van der Waals surface area contributed by atoms with E-state index in [0.717, 1.165) is 29.7 Å². The van der Waals surface area contributed by atoms with Crippen LogP contribution in [-0.2, 0) is 13.2 Å². The molecule has 1 aliphatic rings. The van der Waals surface area contributed by atoms with Crippen molar-refractivity contribution in [3.63, 3.8) is 0 Å². The number of aliphatic hydroxyl groups excluding tert-OH is 1. The van der Waals surface area contributed by atoms with Crippen molar-refractivity contribution in [1.29, 1.82) is 0 Å². The number of hydrogen-bond donors (Lipinski definition) is 2. The monoisotopic (exact) mass is 444 g/mol. The molecule has 1 aliphatic heterocycles. The van der Waals surface area contributed by atoms with Crippen LogP contribution in [0.1, 0.15) is 44.6 Å². The molecule has 2 N–H and O–H groups in total. The maximum absolute atomic E-state index is 13.7. The number of likely N-dealkylation sites (tertiary alicyclic amines) is 1. The first-order valence-electron chi connectivity index (χ1n) is 10.8. The lowest BCUT2D eigenvalue weighted by Crippen LogP contribution is -2.22. The summed E-state index contributed by atoms with van der Waals surface area (Å²) in [5.41, 5.74) is 4.77. The van der Waals surface area contributed by atoms with Crippen LogP contribution in [0, 0.1) is 18.8 Å². The minimum absolute atomic E-state index is 0.290. The van der Waals surface area contributed by atoms with E-state index in [1.54, 1.807) is 36.7 Å². The Kier molecular flexibility index (Phi) is 7.08. The van der Waals surface area contributed by atoms with Crippen LogP contribution in [0.4, 0.5) is 10.1 Å². The van der Waals surface area contributed by atoms with Gasteiger partial charge in [-0.15, -0.1) is 0 Å². The third kappa shape index (κ3) is 5.80. The van der Waals surface area contributed by atoms with E-state index in [-0.39, 0.29) is 12.0 Å². The van der Waals surface area contributed by atoms with Crippen LogP contribution in [0.2, 0.25) is 0 Å². The normalized spacial score (nSPS) is 15.7. The first-order valence-corrected chi connectivity index (χ1v) is 10.8. The van der Waals surface area contributed by atoms with E-state index in [1.807, 2.05) is 19.1 Å². The van der Waals surface area contributed by atoms with Crippen LogP contribution in [0.15, 0.2) is 55.1 Å². The number of carbonyl (C=O) groups is 1. The standard InChI is InChI=1S/C26H25FN4O2/c1-18-2-4-21(10-20(18)5-3-19-13-28-17-29-14-19)26(33)30-24-7-6-22(23(11-24)12-27)15-31-9-8-25(32)16-31/h2,4,6-7,10-11,13-14,17,25,32H,8-9,12,15-16H2,1H3,(H,30,33)/t25-/m0/s1. The van der Waals surface area contributed by atoms with Crippen molar-refractivity contribution in [3.05, 3.63) is 88.5 Å². The van der Waals surface area contributed by atoms with Gasteiger partial charge in [-0.2, -0.15) is 0 Å². The Hall–Kier alpha value is -3.60. The fraction of sp³-hybridized carbons (Fsp3) is 0.269. The molecule has 1 fully saturated rings. The van der Waals surface area contributed by atoms with Gasteiger partial charge < -0.3 is 10.4 Å². The van der Waals surface area contributed by atoms with E-state index in [2.05, 4.69) is 32.0 Å². The summed E-state index contributed by atoms with van der Waals surface area (Å²) in [7, 11) is 0. The fourth-order valence-electron chi connectivity index (χ4n) is 3.78. The molecule has 0 bridgehead atoms.